The molecule has 0 spiro atoms. The van der Waals surface area contributed by atoms with E-state index in [0.717, 1.165) is 52.0 Å². The number of nitro benzene ring substituents is 3. The van der Waals surface area contributed by atoms with Crippen molar-refractivity contribution in [3.05, 3.63) is 126 Å². The van der Waals surface area contributed by atoms with Gasteiger partial charge in [0.1, 0.15) is 36.7 Å². The summed E-state index contributed by atoms with van der Waals surface area (Å²) in [7, 11) is 0. The zero-order chi connectivity index (χ0) is 60.6. The fourth-order valence-electron chi connectivity index (χ4n) is 10.5. The molecule has 0 fully saturated rings. The average molecular weight is 1360 g/mol. The van der Waals surface area contributed by atoms with Crippen LogP contribution in [-0.4, -0.2) is 83.2 Å². The first-order valence-corrected chi connectivity index (χ1v) is 27.3. The van der Waals surface area contributed by atoms with Gasteiger partial charge in [-0.05, 0) is 154 Å². The molecule has 4 unspecified atom stereocenters. The number of hydrogen-bond acceptors (Lipinski definition) is 14. The minimum Gasteiger partial charge on any atom is -0.352 e. The average Bonchev–Trinajstić information content (AvgIpc) is 2.09. The van der Waals surface area contributed by atoms with Gasteiger partial charge in [0.2, 0.25) is 0 Å². The van der Waals surface area contributed by atoms with Crippen molar-refractivity contribution in [2.75, 3.05) is 0 Å². The first kappa shape index (κ1) is 59.8. The van der Waals surface area contributed by atoms with Gasteiger partial charge < -0.3 is 45.7 Å². The molecule has 4 aromatic carbocycles. The third kappa shape index (κ3) is 11.3. The summed E-state index contributed by atoms with van der Waals surface area (Å²) in [4.78, 5) is 82.8. The normalized spacial score (nSPS) is 17.6. The Balaban J connectivity index is 0.000000134. The highest BCUT2D eigenvalue weighted by atomic mass is 79.9. The van der Waals surface area contributed by atoms with Crippen LogP contribution in [0.25, 0.3) is 44.1 Å². The lowest BCUT2D eigenvalue weighted by Gasteiger charge is -2.12. The fourth-order valence-corrected chi connectivity index (χ4v) is 11.8. The van der Waals surface area contributed by atoms with Gasteiger partial charge in [0.25, 0.3) is 0 Å². The number of aromatic nitrogens is 8. The fraction of sp³-hybridized carbons (Fsp3) is 0.367. The van der Waals surface area contributed by atoms with Crippen molar-refractivity contribution in [2.24, 2.45) is 11.5 Å². The number of carbonyl (C=O) groups excluding carboxylic acids is 3. The van der Waals surface area contributed by atoms with Gasteiger partial charge in [0.05, 0.1) is 66.5 Å². The highest BCUT2D eigenvalue weighted by Crippen LogP contribution is 2.43. The molecule has 7 N–H and O–H groups in total. The third-order valence-electron chi connectivity index (χ3n) is 14.3. The van der Waals surface area contributed by atoms with Crippen molar-refractivity contribution in [3.8, 4) is 0 Å². The van der Waals surface area contributed by atoms with Gasteiger partial charge in [-0.2, -0.15) is 26.3 Å². The van der Waals surface area contributed by atoms with Gasteiger partial charge in [-0.15, -0.1) is 0 Å². The summed E-state index contributed by atoms with van der Waals surface area (Å²) in [5.41, 5.74) is 18.5. The SMILES string of the molecule is Cc1cc2c(nc3n2CCC3N)c([N+](=O)[O-])c1Br.Cc1cc2c(nc3n2CCC3NC(=O)C(F)(F)F)c([N+](=O)[O-])c1Br.Cc1cc2c(nc3n2CCC3NC(N)=O)c([N+](=O)[O-])c1Br.Cc1ccc2nc3n(c2c1)CCC3NC(=O)C(F)(F)F. The van der Waals surface area contributed by atoms with Crippen LogP contribution in [0.5, 0.6) is 0 Å². The van der Waals surface area contributed by atoms with Crippen molar-refractivity contribution in [2.45, 2.75) is 116 Å². The number of nitro groups is 3. The van der Waals surface area contributed by atoms with E-state index < -0.39 is 57.1 Å². The molecule has 12 rings (SSSR count). The van der Waals surface area contributed by atoms with Crippen LogP contribution in [-0.2, 0) is 35.8 Å². The number of primary amides is 1. The molecular formula is C49H45Br3F6N16O9. The lowest BCUT2D eigenvalue weighted by atomic mass is 10.2. The molecule has 8 heterocycles. The number of benzene rings is 4. The van der Waals surface area contributed by atoms with Crippen LogP contribution in [0.2, 0.25) is 0 Å². The molecule has 34 heteroatoms. The van der Waals surface area contributed by atoms with Gasteiger partial charge >= 0.3 is 47.3 Å². The highest BCUT2D eigenvalue weighted by molar-refractivity contribution is 9.11. The second-order valence-corrected chi connectivity index (χ2v) is 22.2. The van der Waals surface area contributed by atoms with Crippen LogP contribution in [0.1, 0.15) is 95.4 Å². The number of amides is 4. The van der Waals surface area contributed by atoms with Gasteiger partial charge in [0.15, 0.2) is 16.6 Å². The summed E-state index contributed by atoms with van der Waals surface area (Å²) in [6.07, 6.45) is -7.69. The van der Waals surface area contributed by atoms with E-state index in [1.54, 1.807) is 24.5 Å². The Kier molecular flexibility index (Phi) is 16.1. The van der Waals surface area contributed by atoms with E-state index >= 15 is 0 Å². The Labute approximate surface area is 487 Å². The van der Waals surface area contributed by atoms with Gasteiger partial charge in [-0.25, -0.2) is 24.7 Å². The predicted molar refractivity (Wildman–Crippen MR) is 296 cm³/mol. The molecule has 0 radical (unpaired) electrons. The summed E-state index contributed by atoms with van der Waals surface area (Å²) in [5.74, 6) is -1.96. The Hall–Kier alpha value is -7.85. The summed E-state index contributed by atoms with van der Waals surface area (Å²) in [6.45, 7) is 9.52. The minimum absolute atomic E-state index is 0.0269. The lowest BCUT2D eigenvalue weighted by Crippen LogP contribution is -2.38. The molecule has 0 bridgehead atoms. The Morgan fingerprint density at radius 1 is 0.542 bits per heavy atom. The topological polar surface area (TPSA) is 340 Å². The summed E-state index contributed by atoms with van der Waals surface area (Å²) in [6, 6.07) is 8.43. The standard InChI is InChI=1S/C13H10BrF3N4O3.C13H12F3N3O.C12H12BrN5O3.C11H11BrN4O2/c1-5-4-7-9(10(8(5)14)21(23)24)19-11-6(2-3-20(7)11)18-12(22)13(15,16)17;1-7-2-3-8-10(6-7)19-5-4-9(11(19)17-8)18-12(20)13(14,15)16;1-5-4-7-9(10(8(5)13)18(20)21)16-11-6(15-12(14)19)2-3-17(7)11;1-5-4-7-9(10(8(5)12)16(17)18)14-11-6(13)2-3-15(7)11/h4,6H,2-3H2,1H3,(H,18,22);2-3,6,9H,4-5H2,1H3,(H,18,20);4,6H,2-3H2,1H3,(H3,14,15,19);4,6H,2-3,13H2,1H3. The van der Waals surface area contributed by atoms with Crippen LogP contribution in [0.4, 0.5) is 48.2 Å². The molecule has 4 atom stereocenters. The zero-order valence-corrected chi connectivity index (χ0v) is 48.3. The highest BCUT2D eigenvalue weighted by Gasteiger charge is 2.43. The van der Waals surface area contributed by atoms with Crippen molar-refractivity contribution < 1.29 is 55.5 Å². The van der Waals surface area contributed by atoms with E-state index in [1.165, 1.54) is 0 Å². The number of carbonyl (C=O) groups is 3. The second kappa shape index (κ2) is 22.4. The quantitative estimate of drug-likeness (QED) is 0.0587. The molecule has 438 valence electrons. The molecule has 83 heavy (non-hydrogen) atoms. The van der Waals surface area contributed by atoms with Gasteiger partial charge in [0, 0.05) is 26.2 Å². The van der Waals surface area contributed by atoms with E-state index in [1.807, 2.05) is 68.5 Å². The number of nitrogens with zero attached hydrogens (tertiary/aromatic N) is 11. The van der Waals surface area contributed by atoms with Crippen LogP contribution in [0, 0.1) is 58.0 Å². The van der Waals surface area contributed by atoms with Crippen LogP contribution in [0.3, 0.4) is 0 Å². The smallest absolute Gasteiger partial charge is 0.352 e. The van der Waals surface area contributed by atoms with Crippen LogP contribution in [0.15, 0.2) is 49.8 Å². The summed E-state index contributed by atoms with van der Waals surface area (Å²) in [5, 5.41) is 40.3. The third-order valence-corrected chi connectivity index (χ3v) is 17.3. The Morgan fingerprint density at radius 2 is 0.880 bits per heavy atom. The molecule has 4 aliphatic rings. The number of halogens is 9. The number of rotatable bonds is 6. The van der Waals surface area contributed by atoms with Crippen molar-refractivity contribution in [1.29, 1.82) is 0 Å². The number of nitrogens with two attached hydrogens (primary N) is 2. The molecule has 8 aromatic rings. The van der Waals surface area contributed by atoms with Crippen LogP contribution >= 0.6 is 47.8 Å². The number of nitrogens with one attached hydrogen (secondary N) is 3. The van der Waals surface area contributed by atoms with E-state index in [2.05, 4.69) is 73.0 Å². The number of urea groups is 1. The largest absolute Gasteiger partial charge is 0.471 e. The monoisotopic (exact) mass is 1350 g/mol. The number of hydrogen-bond donors (Lipinski definition) is 5. The van der Waals surface area contributed by atoms with E-state index in [4.69, 9.17) is 11.5 Å². The number of imidazole rings is 4. The molecule has 0 saturated carbocycles. The predicted octanol–water partition coefficient (Wildman–Crippen LogP) is 10.2. The van der Waals surface area contributed by atoms with Gasteiger partial charge in [-0.3, -0.25) is 39.9 Å². The summed E-state index contributed by atoms with van der Waals surface area (Å²) >= 11 is 9.67. The number of aryl methyl sites for hydroxylation is 8. The molecule has 4 aliphatic heterocycles. The van der Waals surface area contributed by atoms with Crippen molar-refractivity contribution >= 4 is 127 Å². The number of alkyl halides is 6. The summed E-state index contributed by atoms with van der Waals surface area (Å²) < 4.78 is 82.7. The van der Waals surface area contributed by atoms with Crippen LogP contribution < -0.4 is 27.4 Å². The lowest BCUT2D eigenvalue weighted by molar-refractivity contribution is -0.384. The molecular weight excluding hydrogens is 1310 g/mol. The van der Waals surface area contributed by atoms with E-state index in [9.17, 15) is 71.1 Å². The molecule has 0 saturated heterocycles. The molecule has 0 aliphatic carbocycles. The van der Waals surface area contributed by atoms with Gasteiger partial charge in [-0.1, -0.05) is 6.07 Å². The second-order valence-electron chi connectivity index (χ2n) is 19.8. The zero-order valence-electron chi connectivity index (χ0n) is 43.6. The molecule has 4 amide bonds. The molecule has 25 nitrogen and oxygen atoms in total. The Morgan fingerprint density at radius 3 is 1.25 bits per heavy atom. The minimum atomic E-state index is -4.99. The number of fused-ring (bicyclic) bond motifs is 12. The first-order valence-electron chi connectivity index (χ1n) is 24.9. The first-order chi connectivity index (χ1) is 38.9. The maximum absolute atomic E-state index is 12.4. The van der Waals surface area contributed by atoms with Crippen molar-refractivity contribution in [3.63, 3.8) is 0 Å². The molecule has 4 aromatic heterocycles. The maximum atomic E-state index is 12.4. The Bertz CT molecular complexity index is 4070. The van der Waals surface area contributed by atoms with E-state index in [0.29, 0.717) is 80.7 Å². The van der Waals surface area contributed by atoms with E-state index in [-0.39, 0.29) is 51.4 Å². The van der Waals surface area contributed by atoms with Crippen molar-refractivity contribution in [1.82, 2.24) is 54.2 Å². The maximum Gasteiger partial charge on any atom is 0.471 e.